The Hall–Kier alpha value is -3.62. The molecule has 1 N–H and O–H groups in total. The van der Waals surface area contributed by atoms with E-state index in [1.54, 1.807) is 24.3 Å². The smallest absolute Gasteiger partial charge is 0.301 e. The Labute approximate surface area is 195 Å². The fourth-order valence-electron chi connectivity index (χ4n) is 3.77. The first-order valence-corrected chi connectivity index (χ1v) is 10.9. The Balaban J connectivity index is 1.74. The van der Waals surface area contributed by atoms with Crippen LogP contribution in [0.3, 0.4) is 0 Å². The maximum absolute atomic E-state index is 13.7. The summed E-state index contributed by atoms with van der Waals surface area (Å²) in [5.41, 5.74) is 0.921. The number of benzene rings is 3. The number of aliphatic hydroxyl groups is 1. The first-order chi connectivity index (χ1) is 15.8. The molecule has 5 nitrogen and oxygen atoms in total. The van der Waals surface area contributed by atoms with Gasteiger partial charge in [-0.25, -0.2) is 13.8 Å². The van der Waals surface area contributed by atoms with E-state index in [1.165, 1.54) is 35.2 Å². The van der Waals surface area contributed by atoms with Crippen molar-refractivity contribution < 1.29 is 23.5 Å². The molecule has 0 unspecified atom stereocenters. The molecular formula is C24H13ClF2N2O3S. The predicted octanol–water partition coefficient (Wildman–Crippen LogP) is 5.85. The molecule has 5 rings (SSSR count). The maximum Gasteiger partial charge on any atom is 0.301 e. The summed E-state index contributed by atoms with van der Waals surface area (Å²) < 4.78 is 27.6. The number of carbonyl (C=O) groups excluding carboxylic acids is 2. The highest BCUT2D eigenvalue weighted by atomic mass is 35.5. The zero-order chi connectivity index (χ0) is 23.3. The van der Waals surface area contributed by atoms with Gasteiger partial charge in [-0.1, -0.05) is 35.1 Å². The zero-order valence-corrected chi connectivity index (χ0v) is 18.2. The third-order valence-corrected chi connectivity index (χ3v) is 6.52. The van der Waals surface area contributed by atoms with Crippen molar-refractivity contribution in [3.63, 3.8) is 0 Å². The van der Waals surface area contributed by atoms with Crippen LogP contribution in [0, 0.1) is 11.6 Å². The number of Topliss-reactive ketones (excluding diaryl/α,β-unsaturated/α-hetero) is 1. The van der Waals surface area contributed by atoms with Crippen LogP contribution in [0.4, 0.5) is 13.9 Å². The lowest BCUT2D eigenvalue weighted by atomic mass is 9.95. The topological polar surface area (TPSA) is 70.5 Å². The van der Waals surface area contributed by atoms with Gasteiger partial charge in [0.1, 0.15) is 17.4 Å². The van der Waals surface area contributed by atoms with Gasteiger partial charge in [0.25, 0.3) is 5.78 Å². The summed E-state index contributed by atoms with van der Waals surface area (Å²) in [5.74, 6) is -3.24. The van der Waals surface area contributed by atoms with Crippen molar-refractivity contribution in [3.8, 4) is 0 Å². The molecule has 2 heterocycles. The number of hydrogen-bond donors (Lipinski definition) is 1. The molecule has 164 valence electrons. The van der Waals surface area contributed by atoms with Crippen LogP contribution in [0.25, 0.3) is 16.0 Å². The Kier molecular flexibility index (Phi) is 5.19. The molecule has 1 atom stereocenters. The quantitative estimate of drug-likeness (QED) is 0.226. The van der Waals surface area contributed by atoms with E-state index in [2.05, 4.69) is 4.98 Å². The summed E-state index contributed by atoms with van der Waals surface area (Å²) in [7, 11) is 0. The second-order valence-electron chi connectivity index (χ2n) is 7.34. The number of fused-ring (bicyclic) bond motifs is 1. The van der Waals surface area contributed by atoms with Crippen molar-refractivity contribution in [2.75, 3.05) is 4.90 Å². The first-order valence-electron chi connectivity index (χ1n) is 9.72. The summed E-state index contributed by atoms with van der Waals surface area (Å²) in [4.78, 5) is 31.8. The van der Waals surface area contributed by atoms with Crippen molar-refractivity contribution in [2.24, 2.45) is 0 Å². The van der Waals surface area contributed by atoms with Gasteiger partial charge in [-0.05, 0) is 60.2 Å². The van der Waals surface area contributed by atoms with Crippen LogP contribution < -0.4 is 4.90 Å². The van der Waals surface area contributed by atoms with Crippen LogP contribution in [0.2, 0.25) is 5.02 Å². The number of aromatic nitrogens is 1. The van der Waals surface area contributed by atoms with Gasteiger partial charge in [-0.3, -0.25) is 14.5 Å². The molecule has 1 aromatic heterocycles. The number of aliphatic hydroxyl groups excluding tert-OH is 1. The summed E-state index contributed by atoms with van der Waals surface area (Å²) in [6.07, 6.45) is 0. The van der Waals surface area contributed by atoms with Crippen molar-refractivity contribution in [3.05, 3.63) is 100 Å². The van der Waals surface area contributed by atoms with Crippen LogP contribution in [-0.2, 0) is 9.59 Å². The lowest BCUT2D eigenvalue weighted by Crippen LogP contribution is -2.29. The van der Waals surface area contributed by atoms with Gasteiger partial charge in [0, 0.05) is 10.6 Å². The molecule has 0 radical (unpaired) electrons. The molecular weight excluding hydrogens is 470 g/mol. The minimum absolute atomic E-state index is 0.167. The van der Waals surface area contributed by atoms with E-state index in [0.717, 1.165) is 23.5 Å². The molecule has 1 aliphatic heterocycles. The third-order valence-electron chi connectivity index (χ3n) is 5.27. The number of nitrogens with zero attached hydrogens (tertiary/aromatic N) is 2. The maximum atomic E-state index is 13.7. The molecule has 1 saturated heterocycles. The lowest BCUT2D eigenvalue weighted by Gasteiger charge is -2.23. The number of thiazole rings is 1. The zero-order valence-electron chi connectivity index (χ0n) is 16.6. The average molecular weight is 483 g/mol. The Morgan fingerprint density at radius 1 is 1.00 bits per heavy atom. The number of ketones is 1. The molecule has 9 heteroatoms. The molecule has 0 bridgehead atoms. The molecule has 0 aliphatic carbocycles. The SMILES string of the molecule is O=C1C(=O)N(c2nc3ccc(F)cc3s2)[C@H](c2cccc(Cl)c2)/C1=C(\O)c1ccc(F)cc1. The highest BCUT2D eigenvalue weighted by Gasteiger charge is 2.48. The normalized spacial score (nSPS) is 17.8. The van der Waals surface area contributed by atoms with Gasteiger partial charge < -0.3 is 5.11 Å². The fourth-order valence-corrected chi connectivity index (χ4v) is 4.99. The summed E-state index contributed by atoms with van der Waals surface area (Å²) in [6, 6.07) is 14.4. The highest BCUT2D eigenvalue weighted by molar-refractivity contribution is 7.22. The predicted molar refractivity (Wildman–Crippen MR) is 122 cm³/mol. The van der Waals surface area contributed by atoms with Crippen LogP contribution in [0.1, 0.15) is 17.2 Å². The van der Waals surface area contributed by atoms with Gasteiger partial charge in [0.05, 0.1) is 21.8 Å². The molecule has 4 aromatic rings. The van der Waals surface area contributed by atoms with Crippen molar-refractivity contribution in [1.29, 1.82) is 0 Å². The van der Waals surface area contributed by atoms with Crippen molar-refractivity contribution >= 4 is 55.7 Å². The second-order valence-corrected chi connectivity index (χ2v) is 8.79. The summed E-state index contributed by atoms with van der Waals surface area (Å²) in [5, 5.41) is 11.5. The van der Waals surface area contributed by atoms with E-state index in [9.17, 15) is 23.5 Å². The van der Waals surface area contributed by atoms with Crippen molar-refractivity contribution in [2.45, 2.75) is 6.04 Å². The second kappa shape index (κ2) is 8.06. The summed E-state index contributed by atoms with van der Waals surface area (Å²) in [6.45, 7) is 0. The molecule has 0 spiro atoms. The molecule has 1 fully saturated rings. The Morgan fingerprint density at radius 2 is 1.73 bits per heavy atom. The minimum atomic E-state index is -1.04. The first kappa shape index (κ1) is 21.2. The number of amides is 1. The molecule has 3 aromatic carbocycles. The monoisotopic (exact) mass is 482 g/mol. The van der Waals surface area contributed by atoms with E-state index < -0.39 is 35.1 Å². The number of carbonyl (C=O) groups is 2. The molecule has 33 heavy (non-hydrogen) atoms. The molecule has 0 saturated carbocycles. The number of hydrogen-bond acceptors (Lipinski definition) is 5. The standard InChI is InChI=1S/C24H13ClF2N2O3S/c25-14-3-1-2-13(10-14)20-19(21(30)12-4-6-15(26)7-5-12)22(31)23(32)29(20)24-28-17-9-8-16(27)11-18(17)33-24/h1-11,20,30H/b21-19+/t20-/m1/s1. The van der Waals surface area contributed by atoms with E-state index >= 15 is 0 Å². The summed E-state index contributed by atoms with van der Waals surface area (Å²) >= 11 is 7.21. The Bertz CT molecular complexity index is 1470. The van der Waals surface area contributed by atoms with Gasteiger partial charge in [-0.15, -0.1) is 0 Å². The molecule has 1 amide bonds. The highest BCUT2D eigenvalue weighted by Crippen LogP contribution is 2.44. The average Bonchev–Trinajstić information content (AvgIpc) is 3.32. The van der Waals surface area contributed by atoms with Gasteiger partial charge in [0.2, 0.25) is 0 Å². The number of rotatable bonds is 3. The van der Waals surface area contributed by atoms with Crippen LogP contribution in [0.15, 0.2) is 72.3 Å². The molecule has 1 aliphatic rings. The van der Waals surface area contributed by atoms with E-state index in [4.69, 9.17) is 11.6 Å². The lowest BCUT2D eigenvalue weighted by molar-refractivity contribution is -0.132. The van der Waals surface area contributed by atoms with E-state index in [1.807, 2.05) is 0 Å². The number of halogens is 3. The Morgan fingerprint density at radius 3 is 2.45 bits per heavy atom. The largest absolute Gasteiger partial charge is 0.507 e. The van der Waals surface area contributed by atoms with Gasteiger partial charge in [0.15, 0.2) is 5.13 Å². The van der Waals surface area contributed by atoms with Crippen LogP contribution >= 0.6 is 22.9 Å². The fraction of sp³-hybridized carbons (Fsp3) is 0.0417. The van der Waals surface area contributed by atoms with E-state index in [0.29, 0.717) is 20.8 Å². The minimum Gasteiger partial charge on any atom is -0.507 e. The van der Waals surface area contributed by atoms with Gasteiger partial charge >= 0.3 is 5.91 Å². The van der Waals surface area contributed by atoms with E-state index in [-0.39, 0.29) is 16.3 Å². The van der Waals surface area contributed by atoms with Crippen LogP contribution in [-0.4, -0.2) is 21.8 Å². The number of anilines is 1. The van der Waals surface area contributed by atoms with Crippen LogP contribution in [0.5, 0.6) is 0 Å². The van der Waals surface area contributed by atoms with Gasteiger partial charge in [-0.2, -0.15) is 0 Å². The third kappa shape index (κ3) is 3.67. The van der Waals surface area contributed by atoms with Crippen molar-refractivity contribution in [1.82, 2.24) is 4.98 Å².